The Kier molecular flexibility index (Phi) is 6.51. The van der Waals surface area contributed by atoms with Gasteiger partial charge in [0.25, 0.3) is 5.69 Å². The van der Waals surface area contributed by atoms with Crippen molar-refractivity contribution < 1.29 is 22.9 Å². The molecule has 0 unspecified atom stereocenters. The number of carbonyl (C=O) groups is 1. The maximum Gasteiger partial charge on any atom is 0.416 e. The number of piperidine rings is 1. The van der Waals surface area contributed by atoms with Crippen molar-refractivity contribution in [2.45, 2.75) is 19.0 Å². The van der Waals surface area contributed by atoms with Crippen LogP contribution in [0, 0.1) is 16.0 Å². The van der Waals surface area contributed by atoms with Gasteiger partial charge in [-0.25, -0.2) is 0 Å². The van der Waals surface area contributed by atoms with Gasteiger partial charge in [0.15, 0.2) is 0 Å². The molecule has 2 aromatic rings. The molecular formula is C19H17Cl2F3N4O3. The van der Waals surface area contributed by atoms with Gasteiger partial charge in [-0.05, 0) is 37.1 Å². The topological polar surface area (TPSA) is 102 Å². The zero-order chi connectivity index (χ0) is 22.9. The van der Waals surface area contributed by atoms with Gasteiger partial charge in [-0.3, -0.25) is 14.9 Å². The summed E-state index contributed by atoms with van der Waals surface area (Å²) in [7, 11) is 0. The van der Waals surface area contributed by atoms with Crippen LogP contribution in [0.3, 0.4) is 0 Å². The van der Waals surface area contributed by atoms with Crippen molar-refractivity contribution in [1.82, 2.24) is 0 Å². The van der Waals surface area contributed by atoms with Crippen molar-refractivity contribution in [3.63, 3.8) is 0 Å². The smallest absolute Gasteiger partial charge is 0.396 e. The Morgan fingerprint density at radius 2 is 1.74 bits per heavy atom. The van der Waals surface area contributed by atoms with Crippen LogP contribution in [0.25, 0.3) is 0 Å². The van der Waals surface area contributed by atoms with Gasteiger partial charge in [-0.15, -0.1) is 0 Å². The molecule has 3 rings (SSSR count). The Bertz CT molecular complexity index is 1000. The van der Waals surface area contributed by atoms with Crippen molar-refractivity contribution in [2.24, 2.45) is 5.92 Å². The first-order chi connectivity index (χ1) is 14.5. The number of nitrogens with two attached hydrogens (primary N) is 1. The minimum Gasteiger partial charge on any atom is -0.396 e. The summed E-state index contributed by atoms with van der Waals surface area (Å²) in [5, 5.41) is 14.4. The Labute approximate surface area is 185 Å². The molecule has 1 amide bonds. The molecule has 1 fully saturated rings. The minimum absolute atomic E-state index is 0.0916. The molecular weight excluding hydrogens is 460 g/mol. The Balaban J connectivity index is 1.69. The highest BCUT2D eigenvalue weighted by Gasteiger charge is 2.35. The Hall–Kier alpha value is -2.72. The molecule has 7 nitrogen and oxygen atoms in total. The van der Waals surface area contributed by atoms with Crippen LogP contribution in [0.2, 0.25) is 10.0 Å². The van der Waals surface area contributed by atoms with E-state index in [0.717, 1.165) is 12.1 Å². The molecule has 0 aliphatic carbocycles. The van der Waals surface area contributed by atoms with E-state index in [4.69, 9.17) is 28.9 Å². The number of carbonyl (C=O) groups excluding carboxylic acids is 1. The molecule has 1 aliphatic heterocycles. The quantitative estimate of drug-likeness (QED) is 0.351. The fourth-order valence-corrected chi connectivity index (χ4v) is 3.88. The van der Waals surface area contributed by atoms with Crippen LogP contribution < -0.4 is 16.0 Å². The highest BCUT2D eigenvalue weighted by atomic mass is 35.5. The lowest BCUT2D eigenvalue weighted by Gasteiger charge is -2.32. The van der Waals surface area contributed by atoms with Crippen LogP contribution in [0.1, 0.15) is 18.4 Å². The van der Waals surface area contributed by atoms with Crippen LogP contribution in [-0.4, -0.2) is 23.9 Å². The molecule has 1 aliphatic rings. The molecule has 166 valence electrons. The summed E-state index contributed by atoms with van der Waals surface area (Å²) in [5.74, 6) is -0.668. The van der Waals surface area contributed by atoms with Crippen molar-refractivity contribution in [3.05, 3.63) is 56.1 Å². The third-order valence-electron chi connectivity index (χ3n) is 5.05. The molecule has 3 N–H and O–H groups in total. The summed E-state index contributed by atoms with van der Waals surface area (Å²) in [6.07, 6.45) is -3.96. The highest BCUT2D eigenvalue weighted by molar-refractivity contribution is 6.39. The first-order valence-corrected chi connectivity index (χ1v) is 9.89. The third kappa shape index (κ3) is 5.13. The Morgan fingerprint density at radius 3 is 2.26 bits per heavy atom. The second-order valence-electron chi connectivity index (χ2n) is 7.06. The number of alkyl halides is 3. The molecule has 0 atom stereocenters. The van der Waals surface area contributed by atoms with Gasteiger partial charge in [0.1, 0.15) is 5.69 Å². The van der Waals surface area contributed by atoms with Crippen molar-refractivity contribution in [2.75, 3.05) is 29.0 Å². The van der Waals surface area contributed by atoms with E-state index in [-0.39, 0.29) is 46.3 Å². The van der Waals surface area contributed by atoms with Crippen LogP contribution in [0.15, 0.2) is 30.3 Å². The number of nitro groups is 1. The predicted octanol–water partition coefficient (Wildman–Crippen LogP) is 5.36. The summed E-state index contributed by atoms with van der Waals surface area (Å²) in [4.78, 5) is 24.7. The van der Waals surface area contributed by atoms with E-state index in [1.54, 1.807) is 4.90 Å². The standard InChI is InChI=1S/C19H17Cl2F3N4O3/c20-13-8-12(9-14(21)17(13)25)26-18(29)10-3-5-27(6-4-10)15-2-1-11(19(22,23)24)7-16(15)28(30)31/h1-2,7-10H,3-6,25H2,(H,26,29). The lowest BCUT2D eigenvalue weighted by molar-refractivity contribution is -0.384. The van der Waals surface area contributed by atoms with E-state index < -0.39 is 22.4 Å². The van der Waals surface area contributed by atoms with Crippen LogP contribution in [-0.2, 0) is 11.0 Å². The number of benzene rings is 2. The molecule has 0 saturated carbocycles. The second-order valence-corrected chi connectivity index (χ2v) is 7.88. The van der Waals surface area contributed by atoms with Crippen LogP contribution in [0.4, 0.5) is 35.9 Å². The SMILES string of the molecule is Nc1c(Cl)cc(NC(=O)C2CCN(c3ccc(C(F)(F)F)cc3[N+](=O)[O-])CC2)cc1Cl. The second kappa shape index (κ2) is 8.80. The van der Waals surface area contributed by atoms with Gasteiger partial charge in [-0.2, -0.15) is 13.2 Å². The summed E-state index contributed by atoms with van der Waals surface area (Å²) in [6.45, 7) is 0.543. The summed E-state index contributed by atoms with van der Waals surface area (Å²) < 4.78 is 38.7. The van der Waals surface area contributed by atoms with Gasteiger partial charge >= 0.3 is 6.18 Å². The first-order valence-electron chi connectivity index (χ1n) is 9.13. The van der Waals surface area contributed by atoms with E-state index in [0.29, 0.717) is 24.6 Å². The van der Waals surface area contributed by atoms with Gasteiger partial charge in [0.2, 0.25) is 5.91 Å². The molecule has 1 heterocycles. The molecule has 0 radical (unpaired) electrons. The van der Waals surface area contributed by atoms with Gasteiger partial charge < -0.3 is 16.0 Å². The van der Waals surface area contributed by atoms with Gasteiger partial charge in [-0.1, -0.05) is 23.2 Å². The number of rotatable bonds is 4. The number of hydrogen-bond acceptors (Lipinski definition) is 5. The molecule has 1 saturated heterocycles. The number of anilines is 3. The monoisotopic (exact) mass is 476 g/mol. The van der Waals surface area contributed by atoms with Crippen molar-refractivity contribution in [1.29, 1.82) is 0 Å². The third-order valence-corrected chi connectivity index (χ3v) is 5.68. The zero-order valence-corrected chi connectivity index (χ0v) is 17.4. The van der Waals surface area contributed by atoms with Crippen molar-refractivity contribution in [3.8, 4) is 0 Å². The lowest BCUT2D eigenvalue weighted by Crippen LogP contribution is -2.38. The van der Waals surface area contributed by atoms with Gasteiger partial charge in [0.05, 0.1) is 26.2 Å². The van der Waals surface area contributed by atoms with E-state index in [1.165, 1.54) is 12.1 Å². The number of nitro benzene ring substituents is 1. The highest BCUT2D eigenvalue weighted by Crippen LogP contribution is 2.38. The molecule has 12 heteroatoms. The molecule has 0 bridgehead atoms. The van der Waals surface area contributed by atoms with Crippen LogP contribution in [0.5, 0.6) is 0 Å². The minimum atomic E-state index is -4.68. The maximum atomic E-state index is 12.9. The Morgan fingerprint density at radius 1 is 1.16 bits per heavy atom. The fourth-order valence-electron chi connectivity index (χ4n) is 3.40. The lowest BCUT2D eigenvalue weighted by atomic mass is 9.95. The average Bonchev–Trinajstić information content (AvgIpc) is 2.71. The average molecular weight is 477 g/mol. The van der Waals surface area contributed by atoms with Crippen molar-refractivity contribution >= 4 is 51.9 Å². The fraction of sp³-hybridized carbons (Fsp3) is 0.316. The first kappa shape index (κ1) is 23.0. The molecule has 0 aromatic heterocycles. The summed E-state index contributed by atoms with van der Waals surface area (Å²) in [5.41, 5.74) is 4.64. The van der Waals surface area contributed by atoms with E-state index in [1.807, 2.05) is 0 Å². The normalized spacial score (nSPS) is 15.1. The molecule has 0 spiro atoms. The molecule has 2 aromatic carbocycles. The van der Waals surface area contributed by atoms with E-state index in [2.05, 4.69) is 5.32 Å². The number of amides is 1. The predicted molar refractivity (Wildman–Crippen MR) is 113 cm³/mol. The number of nitrogens with one attached hydrogen (secondary N) is 1. The molecule has 31 heavy (non-hydrogen) atoms. The number of nitrogen functional groups attached to an aromatic ring is 1. The number of hydrogen-bond donors (Lipinski definition) is 2. The zero-order valence-electron chi connectivity index (χ0n) is 15.9. The largest absolute Gasteiger partial charge is 0.416 e. The number of nitrogens with zero attached hydrogens (tertiary/aromatic N) is 2. The number of halogens is 5. The van der Waals surface area contributed by atoms with Crippen LogP contribution >= 0.6 is 23.2 Å². The maximum absolute atomic E-state index is 12.9. The summed E-state index contributed by atoms with van der Waals surface area (Å²) >= 11 is 11.9. The van der Waals surface area contributed by atoms with E-state index >= 15 is 0 Å². The summed E-state index contributed by atoms with van der Waals surface area (Å²) in [6, 6.07) is 5.39. The van der Waals surface area contributed by atoms with E-state index in [9.17, 15) is 28.1 Å². The van der Waals surface area contributed by atoms with Gasteiger partial charge in [0, 0.05) is 30.8 Å².